The summed E-state index contributed by atoms with van der Waals surface area (Å²) in [6.07, 6.45) is 3.10. The summed E-state index contributed by atoms with van der Waals surface area (Å²) < 4.78 is 11.1. The number of guanidine groups is 1. The summed E-state index contributed by atoms with van der Waals surface area (Å²) >= 11 is 6.27. The third-order valence-electron chi connectivity index (χ3n) is 5.60. The van der Waals surface area contributed by atoms with E-state index in [9.17, 15) is 0 Å². The van der Waals surface area contributed by atoms with Crippen LogP contribution in [0.15, 0.2) is 29.3 Å². The molecule has 1 aromatic carbocycles. The highest BCUT2D eigenvalue weighted by molar-refractivity contribution is 6.30. The number of nitrogens with one attached hydrogen (secondary N) is 1. The Morgan fingerprint density at radius 2 is 2.12 bits per heavy atom. The fraction of sp³-hybridized carbons (Fsp3) is 0.650. The lowest BCUT2D eigenvalue weighted by Crippen LogP contribution is -2.49. The number of rotatable bonds is 5. The summed E-state index contributed by atoms with van der Waals surface area (Å²) in [6, 6.07) is 8.25. The highest BCUT2D eigenvalue weighted by atomic mass is 35.5. The summed E-state index contributed by atoms with van der Waals surface area (Å²) in [4.78, 5) is 6.70. The molecule has 6 heteroatoms. The molecule has 0 aliphatic carbocycles. The van der Waals surface area contributed by atoms with Crippen molar-refractivity contribution < 1.29 is 9.47 Å². The van der Waals surface area contributed by atoms with Gasteiger partial charge >= 0.3 is 0 Å². The van der Waals surface area contributed by atoms with Crippen molar-refractivity contribution in [1.29, 1.82) is 0 Å². The Balaban J connectivity index is 1.68. The van der Waals surface area contributed by atoms with Crippen LogP contribution in [0.5, 0.6) is 0 Å². The number of nitrogens with zero attached hydrogens (tertiary/aromatic N) is 2. The van der Waals surface area contributed by atoms with Gasteiger partial charge in [0.1, 0.15) is 0 Å². The Morgan fingerprint density at radius 1 is 1.31 bits per heavy atom. The van der Waals surface area contributed by atoms with Crippen LogP contribution in [0.2, 0.25) is 5.02 Å². The molecule has 1 aromatic rings. The molecule has 5 nitrogen and oxygen atoms in total. The van der Waals surface area contributed by atoms with E-state index < -0.39 is 0 Å². The van der Waals surface area contributed by atoms with Crippen LogP contribution in [0.25, 0.3) is 0 Å². The second-order valence-corrected chi connectivity index (χ2v) is 7.85. The molecule has 1 unspecified atom stereocenters. The monoisotopic (exact) mass is 379 g/mol. The number of benzene rings is 1. The molecule has 0 amide bonds. The normalized spacial score (nSPS) is 23.0. The molecule has 1 atom stereocenters. The smallest absolute Gasteiger partial charge is 0.193 e. The lowest BCUT2D eigenvalue weighted by atomic mass is 9.74. The minimum absolute atomic E-state index is 0.0242. The molecule has 26 heavy (non-hydrogen) atoms. The van der Waals surface area contributed by atoms with Gasteiger partial charge in [0.2, 0.25) is 0 Å². The van der Waals surface area contributed by atoms with E-state index in [0.717, 1.165) is 69.8 Å². The number of aliphatic imine (C=N–C) groups is 1. The van der Waals surface area contributed by atoms with Crippen LogP contribution in [0.4, 0.5) is 0 Å². The van der Waals surface area contributed by atoms with Crippen molar-refractivity contribution in [2.45, 2.75) is 24.7 Å². The Hall–Kier alpha value is -1.30. The van der Waals surface area contributed by atoms with Crippen molar-refractivity contribution in [2.75, 3.05) is 53.6 Å². The van der Waals surface area contributed by atoms with Gasteiger partial charge in [-0.25, -0.2) is 0 Å². The van der Waals surface area contributed by atoms with E-state index in [-0.39, 0.29) is 5.41 Å². The van der Waals surface area contributed by atoms with E-state index in [1.165, 1.54) is 5.56 Å². The molecule has 0 saturated carbocycles. The van der Waals surface area contributed by atoms with Crippen LogP contribution in [-0.4, -0.2) is 64.5 Å². The number of hydrogen-bond acceptors (Lipinski definition) is 3. The Bertz CT molecular complexity index is 611. The number of halogens is 1. The zero-order chi connectivity index (χ0) is 18.4. The van der Waals surface area contributed by atoms with Gasteiger partial charge in [-0.1, -0.05) is 23.7 Å². The Labute approximate surface area is 161 Å². The van der Waals surface area contributed by atoms with Crippen LogP contribution < -0.4 is 5.32 Å². The second kappa shape index (κ2) is 9.07. The maximum atomic E-state index is 6.27. The van der Waals surface area contributed by atoms with Crippen molar-refractivity contribution in [3.05, 3.63) is 34.9 Å². The van der Waals surface area contributed by atoms with E-state index >= 15 is 0 Å². The molecule has 2 aliphatic heterocycles. The lowest BCUT2D eigenvalue weighted by molar-refractivity contribution is 0.0512. The largest absolute Gasteiger partial charge is 0.381 e. The maximum Gasteiger partial charge on any atom is 0.193 e. The average molecular weight is 380 g/mol. The van der Waals surface area contributed by atoms with Gasteiger partial charge in [-0.05, 0) is 37.0 Å². The summed E-state index contributed by atoms with van der Waals surface area (Å²) in [5, 5.41) is 4.40. The van der Waals surface area contributed by atoms with Gasteiger partial charge in [0.05, 0.1) is 6.61 Å². The third kappa shape index (κ3) is 4.70. The molecule has 144 valence electrons. The topological polar surface area (TPSA) is 46.1 Å². The zero-order valence-corrected chi connectivity index (χ0v) is 16.6. The van der Waals surface area contributed by atoms with E-state index in [4.69, 9.17) is 21.1 Å². The lowest BCUT2D eigenvalue weighted by Gasteiger charge is -2.39. The molecule has 2 saturated heterocycles. The first-order valence-electron chi connectivity index (χ1n) is 9.46. The minimum Gasteiger partial charge on any atom is -0.381 e. The first kappa shape index (κ1) is 19.5. The molecule has 0 spiro atoms. The number of ether oxygens (including phenoxy) is 2. The predicted octanol–water partition coefficient (Wildman–Crippen LogP) is 2.93. The molecule has 0 radical (unpaired) electrons. The molecular formula is C20H30ClN3O2. The number of hydrogen-bond donors (Lipinski definition) is 1. The first-order valence-corrected chi connectivity index (χ1v) is 9.84. The average Bonchev–Trinajstić information content (AvgIpc) is 3.16. The molecule has 2 fully saturated rings. The van der Waals surface area contributed by atoms with Gasteiger partial charge in [0, 0.05) is 63.4 Å². The summed E-state index contributed by atoms with van der Waals surface area (Å²) in [5.41, 5.74) is 1.30. The van der Waals surface area contributed by atoms with Crippen LogP contribution in [0, 0.1) is 5.92 Å². The fourth-order valence-corrected chi connectivity index (χ4v) is 4.17. The highest BCUT2D eigenvalue weighted by Gasteiger charge is 2.35. The van der Waals surface area contributed by atoms with Crippen LogP contribution in [0.3, 0.4) is 0 Å². The zero-order valence-electron chi connectivity index (χ0n) is 15.8. The van der Waals surface area contributed by atoms with Crippen LogP contribution in [-0.2, 0) is 14.9 Å². The van der Waals surface area contributed by atoms with Crippen molar-refractivity contribution in [3.63, 3.8) is 0 Å². The van der Waals surface area contributed by atoms with E-state index in [1.54, 1.807) is 0 Å². The summed E-state index contributed by atoms with van der Waals surface area (Å²) in [7, 11) is 3.95. The molecule has 3 rings (SSSR count). The SMILES string of the molecule is CN=C(NCC1(c2cccc(Cl)c2)CCOCC1)N(C)CC1CCOC1. The maximum absolute atomic E-state index is 6.27. The van der Waals surface area contributed by atoms with Gasteiger partial charge in [0.25, 0.3) is 0 Å². The molecule has 2 heterocycles. The van der Waals surface area contributed by atoms with Crippen molar-refractivity contribution in [3.8, 4) is 0 Å². The van der Waals surface area contributed by atoms with E-state index in [1.807, 2.05) is 19.2 Å². The van der Waals surface area contributed by atoms with E-state index in [2.05, 4.69) is 34.4 Å². The quantitative estimate of drug-likeness (QED) is 0.631. The molecule has 1 N–H and O–H groups in total. The van der Waals surface area contributed by atoms with Crippen molar-refractivity contribution >= 4 is 17.6 Å². The molecule has 0 bridgehead atoms. The summed E-state index contributed by atoms with van der Waals surface area (Å²) in [5.74, 6) is 1.52. The Kier molecular flexibility index (Phi) is 6.79. The van der Waals surface area contributed by atoms with Crippen LogP contribution in [0.1, 0.15) is 24.8 Å². The van der Waals surface area contributed by atoms with Gasteiger partial charge in [-0.3, -0.25) is 4.99 Å². The van der Waals surface area contributed by atoms with Gasteiger partial charge in [-0.15, -0.1) is 0 Å². The first-order chi connectivity index (χ1) is 12.6. The minimum atomic E-state index is 0.0242. The van der Waals surface area contributed by atoms with Crippen molar-refractivity contribution in [2.24, 2.45) is 10.9 Å². The van der Waals surface area contributed by atoms with Gasteiger partial charge in [0.15, 0.2) is 5.96 Å². The molecular weight excluding hydrogens is 350 g/mol. The second-order valence-electron chi connectivity index (χ2n) is 7.41. The molecule has 2 aliphatic rings. The van der Waals surface area contributed by atoms with Crippen molar-refractivity contribution in [1.82, 2.24) is 10.2 Å². The predicted molar refractivity (Wildman–Crippen MR) is 106 cm³/mol. The molecule has 0 aromatic heterocycles. The van der Waals surface area contributed by atoms with Gasteiger partial charge < -0.3 is 19.7 Å². The van der Waals surface area contributed by atoms with Gasteiger partial charge in [-0.2, -0.15) is 0 Å². The highest BCUT2D eigenvalue weighted by Crippen LogP contribution is 2.35. The fourth-order valence-electron chi connectivity index (χ4n) is 3.98. The summed E-state index contributed by atoms with van der Waals surface area (Å²) in [6.45, 7) is 5.08. The standard InChI is InChI=1S/C20H30ClN3O2/c1-22-19(24(2)13-16-6-9-26-14-16)23-15-20(7-10-25-11-8-20)17-4-3-5-18(21)12-17/h3-5,12,16H,6-11,13-15H2,1-2H3,(H,22,23). The Morgan fingerprint density at radius 3 is 2.77 bits per heavy atom. The van der Waals surface area contributed by atoms with E-state index in [0.29, 0.717) is 5.92 Å². The third-order valence-corrected chi connectivity index (χ3v) is 5.84. The van der Waals surface area contributed by atoms with Crippen LogP contribution >= 0.6 is 11.6 Å².